The smallest absolute Gasteiger partial charge is 0.339 e. The molecule has 0 amide bonds. The van der Waals surface area contributed by atoms with Gasteiger partial charge in [0.25, 0.3) is 0 Å². The normalized spacial score (nSPS) is 18.5. The highest BCUT2D eigenvalue weighted by Crippen LogP contribution is 2.50. The van der Waals surface area contributed by atoms with Crippen molar-refractivity contribution in [1.82, 2.24) is 0 Å². The molecule has 10 nitrogen and oxygen atoms in total. The van der Waals surface area contributed by atoms with Gasteiger partial charge in [-0.15, -0.1) is 23.2 Å². The molecule has 0 heterocycles. The first-order valence-electron chi connectivity index (χ1n) is 22.9. The van der Waals surface area contributed by atoms with Crippen LogP contribution in [0.2, 0.25) is 39.3 Å². The molecule has 376 valence electrons. The lowest BCUT2D eigenvalue weighted by Crippen LogP contribution is -2.33. The molecule has 69 heavy (non-hydrogen) atoms. The van der Waals surface area contributed by atoms with E-state index in [1.807, 2.05) is 33.8 Å². The quantitative estimate of drug-likeness (QED) is 0.0542. The van der Waals surface area contributed by atoms with E-state index in [1.165, 1.54) is 35.4 Å². The number of hydrogen-bond donors (Lipinski definition) is 2. The van der Waals surface area contributed by atoms with Crippen LogP contribution in [-0.4, -0.2) is 49.0 Å². The largest absolute Gasteiger partial charge is 0.544 e. The zero-order valence-electron chi connectivity index (χ0n) is 42.1. The molecular weight excluding hydrogens is 988 g/mol. The fourth-order valence-corrected chi connectivity index (χ4v) is 11.8. The molecule has 2 aliphatic carbocycles. The molecule has 4 atom stereocenters. The summed E-state index contributed by atoms with van der Waals surface area (Å²) in [7, 11) is -12.3. The highest BCUT2D eigenvalue weighted by atomic mass is 35.5. The van der Waals surface area contributed by atoms with Crippen molar-refractivity contribution in [2.75, 3.05) is 5.34 Å². The van der Waals surface area contributed by atoms with Gasteiger partial charge in [-0.1, -0.05) is 83.0 Å². The predicted molar refractivity (Wildman–Crippen MR) is 287 cm³/mol. The van der Waals surface area contributed by atoms with Crippen molar-refractivity contribution < 1.29 is 44.3 Å². The number of phenolic OH excluding ortho intramolecular Hbond substituents is 2. The van der Waals surface area contributed by atoms with Crippen LogP contribution in [-0.2, 0) is 20.2 Å². The summed E-state index contributed by atoms with van der Waals surface area (Å²) in [6, 6.07) is 18.8. The second kappa shape index (κ2) is 23.6. The highest BCUT2D eigenvalue weighted by molar-refractivity contribution is 7.87. The molecule has 2 N–H and O–H groups in total. The van der Waals surface area contributed by atoms with Crippen molar-refractivity contribution >= 4 is 60.1 Å². The van der Waals surface area contributed by atoms with Gasteiger partial charge in [0, 0.05) is 47.2 Å². The Morgan fingerprint density at radius 2 is 0.913 bits per heavy atom. The number of aromatic hydroxyl groups is 2. The lowest BCUT2D eigenvalue weighted by molar-refractivity contribution is 0.402. The topological polar surface area (TPSA) is 146 Å². The van der Waals surface area contributed by atoms with Crippen LogP contribution in [0.5, 0.6) is 34.5 Å². The number of hydrogen-bond acceptors (Lipinski definition) is 10. The van der Waals surface area contributed by atoms with Gasteiger partial charge in [0.15, 0.2) is 0 Å². The summed E-state index contributed by atoms with van der Waals surface area (Å²) in [6.45, 7) is 33.0. The first-order valence-corrected chi connectivity index (χ1v) is 33.6. The molecule has 16 heteroatoms. The average Bonchev–Trinajstić information content (AvgIpc) is 3.20. The molecule has 0 fully saturated rings. The van der Waals surface area contributed by atoms with Gasteiger partial charge in [0.1, 0.15) is 44.3 Å². The van der Waals surface area contributed by atoms with Crippen LogP contribution >= 0.6 is 23.2 Å². The number of alkyl halides is 2. The molecule has 0 spiro atoms. The van der Waals surface area contributed by atoms with Gasteiger partial charge < -0.3 is 27.4 Å². The summed E-state index contributed by atoms with van der Waals surface area (Å²) in [5.41, 5.74) is 7.80. The van der Waals surface area contributed by atoms with Crippen LogP contribution < -0.4 is 17.2 Å². The predicted octanol–water partition coefficient (Wildman–Crippen LogP) is 14.8. The van der Waals surface area contributed by atoms with Crippen LogP contribution in [0.25, 0.3) is 0 Å². The van der Waals surface area contributed by atoms with Crippen LogP contribution in [0.4, 0.5) is 0 Å². The number of rotatable bonds is 14. The molecule has 4 aromatic rings. The van der Waals surface area contributed by atoms with E-state index in [2.05, 4.69) is 72.4 Å². The van der Waals surface area contributed by atoms with Crippen molar-refractivity contribution in [3.63, 3.8) is 0 Å². The van der Waals surface area contributed by atoms with Crippen LogP contribution in [0.3, 0.4) is 0 Å². The second-order valence-electron chi connectivity index (χ2n) is 20.0. The minimum Gasteiger partial charge on any atom is -0.544 e. The SMILES string of the molecule is C=C(C)[C@@H]1CCC(C)=C[C@H]1c1c(O)cc(OS(=O)(=O)c2ccc(C)cc2)cc1O.C=C(C)[C@@H]1CCC(C)=C[C@H]1c1c(O[Si](C)(C)C)cc(OS(=O)(=O)c2ccc(C)cc2)cc1O[Si](C)(C)C.ClCCl. The zero-order chi connectivity index (χ0) is 51.8. The lowest BCUT2D eigenvalue weighted by Gasteiger charge is -2.35. The molecule has 0 bridgehead atoms. The third-order valence-corrected chi connectivity index (χ3v) is 15.7. The maximum absolute atomic E-state index is 13.2. The third-order valence-electron chi connectivity index (χ3n) is 11.5. The van der Waals surface area contributed by atoms with Crippen LogP contribution in [0, 0.1) is 25.7 Å². The molecule has 6 rings (SSSR count). The standard InChI is InChI=1S/C29H42O5SSi2.C23H26O5S.CH2Cl2/c1-20(2)25-16-13-22(4)17-26(25)29-27(33-36(5,6)7)18-23(19-28(29)34-37(8,9)10)32-35(30,31)24-14-11-21(3)12-15-24;1-14(2)19-10-7-16(4)11-20(19)23-21(24)12-17(13-22(23)25)28-29(26,27)18-8-5-15(3)6-9-18;2-1-3/h11-12,14-15,17-19,25-26H,1,13,16H2,2-10H3;5-6,8-9,11-13,19-20,24-25H,1,7,10H2,2-4H3;1H2/t25-,26+;19-,20+;/m00./s1. The van der Waals surface area contributed by atoms with Gasteiger partial charge in [-0.3, -0.25) is 0 Å². The van der Waals surface area contributed by atoms with E-state index in [-0.39, 0.29) is 61.8 Å². The van der Waals surface area contributed by atoms with Gasteiger partial charge in [-0.05, 0) is 143 Å². The molecule has 4 aromatic carbocycles. The van der Waals surface area contributed by atoms with E-state index in [0.29, 0.717) is 17.1 Å². The lowest BCUT2D eigenvalue weighted by atomic mass is 9.74. The van der Waals surface area contributed by atoms with E-state index in [1.54, 1.807) is 48.5 Å². The third kappa shape index (κ3) is 16.3. The van der Waals surface area contributed by atoms with Gasteiger partial charge in [-0.2, -0.15) is 16.8 Å². The summed E-state index contributed by atoms with van der Waals surface area (Å²) in [4.78, 5) is 0.107. The zero-order valence-corrected chi connectivity index (χ0v) is 47.2. The van der Waals surface area contributed by atoms with E-state index in [0.717, 1.165) is 53.5 Å². The van der Waals surface area contributed by atoms with E-state index < -0.39 is 36.9 Å². The number of halogens is 2. The summed E-state index contributed by atoms with van der Waals surface area (Å²) in [5, 5.41) is 21.4. The summed E-state index contributed by atoms with van der Waals surface area (Å²) in [5.74, 6) is 0.996. The molecular formula is C53H70Cl2O10S2Si2. The molecule has 2 aliphatic rings. The molecule has 0 radical (unpaired) electrons. The van der Waals surface area contributed by atoms with Gasteiger partial charge >= 0.3 is 20.2 Å². The van der Waals surface area contributed by atoms with Crippen molar-refractivity contribution in [2.24, 2.45) is 11.8 Å². The Morgan fingerprint density at radius 1 is 0.594 bits per heavy atom. The van der Waals surface area contributed by atoms with Crippen molar-refractivity contribution in [3.8, 4) is 34.5 Å². The molecule has 0 aliphatic heterocycles. The average molecular weight is 1060 g/mol. The molecule has 0 saturated carbocycles. The van der Waals surface area contributed by atoms with Crippen LogP contribution in [0.1, 0.15) is 87.5 Å². The number of phenols is 2. The first kappa shape index (κ1) is 57.1. The minimum atomic E-state index is -4.08. The Morgan fingerprint density at radius 3 is 1.23 bits per heavy atom. The van der Waals surface area contributed by atoms with Crippen molar-refractivity contribution in [1.29, 1.82) is 0 Å². The summed E-state index contributed by atoms with van der Waals surface area (Å²) < 4.78 is 75.4. The molecule has 0 aromatic heterocycles. The Balaban J connectivity index is 0.000000291. The summed E-state index contributed by atoms with van der Waals surface area (Å²) >= 11 is 9.53. The van der Waals surface area contributed by atoms with Crippen molar-refractivity contribution in [3.05, 3.63) is 143 Å². The minimum absolute atomic E-state index is 0.000610. The number of aryl methyl sites for hydroxylation is 2. The fourth-order valence-electron chi connectivity index (χ4n) is 8.34. The Bertz CT molecular complexity index is 2700. The van der Waals surface area contributed by atoms with Gasteiger partial charge in [-0.25, -0.2) is 0 Å². The van der Waals surface area contributed by atoms with E-state index in [4.69, 9.17) is 40.4 Å². The number of benzene rings is 4. The highest BCUT2D eigenvalue weighted by Gasteiger charge is 2.35. The molecule has 0 unspecified atom stereocenters. The van der Waals surface area contributed by atoms with Crippen LogP contribution in [0.15, 0.2) is 130 Å². The maximum atomic E-state index is 13.2. The van der Waals surface area contributed by atoms with Gasteiger partial charge in [0.2, 0.25) is 16.6 Å². The Kier molecular flexibility index (Phi) is 19.6. The number of allylic oxidation sites excluding steroid dienone is 6. The summed E-state index contributed by atoms with van der Waals surface area (Å²) in [6.07, 6.45) is 8.17. The Labute approximate surface area is 424 Å². The Hall–Kier alpha value is -4.45. The van der Waals surface area contributed by atoms with Gasteiger partial charge in [0.05, 0.1) is 5.34 Å². The van der Waals surface area contributed by atoms with E-state index >= 15 is 0 Å². The van der Waals surface area contributed by atoms with E-state index in [9.17, 15) is 27.0 Å². The second-order valence-corrected chi connectivity index (χ2v) is 32.8. The monoisotopic (exact) mass is 1060 g/mol. The fraction of sp³-hybridized carbons (Fsp3) is 0.396. The van der Waals surface area contributed by atoms with Crippen molar-refractivity contribution in [2.45, 2.75) is 128 Å². The molecule has 0 saturated heterocycles. The first-order chi connectivity index (χ1) is 31.9. The maximum Gasteiger partial charge on any atom is 0.339 e.